The topological polar surface area (TPSA) is 201 Å². The van der Waals surface area contributed by atoms with Gasteiger partial charge < -0.3 is 29.1 Å². The third-order valence-corrected chi connectivity index (χ3v) is 22.3. The van der Waals surface area contributed by atoms with Crippen LogP contribution in [0.25, 0.3) is 78.0 Å². The van der Waals surface area contributed by atoms with Gasteiger partial charge in [0.15, 0.2) is 17.5 Å². The van der Waals surface area contributed by atoms with E-state index in [9.17, 15) is 14.0 Å². The third kappa shape index (κ3) is 12.5. The van der Waals surface area contributed by atoms with Crippen LogP contribution >= 0.6 is 23.2 Å². The summed E-state index contributed by atoms with van der Waals surface area (Å²) in [6.07, 6.45) is 13.9. The number of ether oxygens (including phenoxy) is 2. The normalized spacial score (nSPS) is 20.7. The zero-order valence-electron chi connectivity index (χ0n) is 57.0. The largest absolute Gasteiger partial charge is 0.461 e. The number of anilines is 2. The highest BCUT2D eigenvalue weighted by Gasteiger charge is 2.55. The Morgan fingerprint density at radius 1 is 0.641 bits per heavy atom. The number of carbonyl (C=O) groups is 2. The molecular formula is C76H71Cl2F5N16O4. The molecule has 6 aliphatic heterocycles. The molecule has 4 atom stereocenters. The van der Waals surface area contributed by atoms with Gasteiger partial charge in [-0.3, -0.25) is 29.4 Å². The van der Waals surface area contributed by atoms with Crippen LogP contribution in [0.3, 0.4) is 0 Å². The highest BCUT2D eigenvalue weighted by Crippen LogP contribution is 2.53. The number of benzene rings is 4. The number of piperazine rings is 1. The number of halogens is 7. The molecule has 16 rings (SSSR count). The van der Waals surface area contributed by atoms with E-state index in [4.69, 9.17) is 62.6 Å². The van der Waals surface area contributed by atoms with E-state index < -0.39 is 41.0 Å². The summed E-state index contributed by atoms with van der Waals surface area (Å²) in [6.45, 7) is 9.18. The maximum absolute atomic E-state index is 18.2. The van der Waals surface area contributed by atoms with Crippen molar-refractivity contribution in [2.24, 2.45) is 0 Å². The van der Waals surface area contributed by atoms with Gasteiger partial charge >= 0.3 is 12.0 Å². The second-order valence-electron chi connectivity index (χ2n) is 27.8. The van der Waals surface area contributed by atoms with Gasteiger partial charge in [0.1, 0.15) is 76.6 Å². The van der Waals surface area contributed by atoms with Crippen molar-refractivity contribution < 1.29 is 41.0 Å². The molecule has 6 saturated heterocycles. The lowest BCUT2D eigenvalue weighted by molar-refractivity contribution is -0.126. The number of hydrogen-bond donors (Lipinski definition) is 0. The number of fused-ring (bicyclic) bond motifs is 6. The minimum atomic E-state index is -1.32. The number of aromatic nitrogens is 10. The van der Waals surface area contributed by atoms with Crippen LogP contribution in [-0.2, 0) is 9.59 Å². The van der Waals surface area contributed by atoms with Gasteiger partial charge in [0.2, 0.25) is 11.8 Å². The molecule has 0 bridgehead atoms. The van der Waals surface area contributed by atoms with Crippen LogP contribution in [0.5, 0.6) is 12.0 Å². The lowest BCUT2D eigenvalue weighted by Crippen LogP contribution is -2.48. The van der Waals surface area contributed by atoms with E-state index in [1.165, 1.54) is 36.7 Å². The molecule has 0 spiro atoms. The number of amides is 2. The Morgan fingerprint density at radius 2 is 1.31 bits per heavy atom. The molecular weight excluding hydrogens is 1370 g/mol. The Morgan fingerprint density at radius 3 is 2.06 bits per heavy atom. The molecule has 0 saturated carbocycles. The first-order chi connectivity index (χ1) is 49.8. The van der Waals surface area contributed by atoms with Crippen LogP contribution in [0, 0.1) is 44.0 Å². The number of carbonyl (C=O) groups excluding carboxylic acids is 2. The zero-order chi connectivity index (χ0) is 71.2. The highest BCUT2D eigenvalue weighted by molar-refractivity contribution is 6.37. The summed E-state index contributed by atoms with van der Waals surface area (Å²) < 4.78 is 97.1. The fourth-order valence-electron chi connectivity index (χ4n) is 16.6. The van der Waals surface area contributed by atoms with Gasteiger partial charge in [-0.15, -0.1) is 0 Å². The van der Waals surface area contributed by atoms with Crippen molar-refractivity contribution in [1.29, 1.82) is 0 Å². The van der Waals surface area contributed by atoms with Gasteiger partial charge in [0.25, 0.3) is 0 Å². The number of hydrogen-bond acceptors (Lipinski definition) is 18. The van der Waals surface area contributed by atoms with Gasteiger partial charge in [-0.25, -0.2) is 41.9 Å². The SMILES string of the molecule is Cc1cc(/C=C/C(=O)N2CCN(c3nc(OC[C@@]45CCC(c6cc(F)c(Cl)c7c(-c8ncc9c(N(C)[C@@H]%10CCN(C(=O)/C=C/c%11nc(C)ncc%11F)C%10)nc(OCC%10%11CCCN%10CCC%11)nc9c8F)cccc67)N4C[C@H](F)C5)nc4c(F)c(-c5cccc6cccc(Cl)c56)ncc34)CC2)nc(C)n1. The van der Waals surface area contributed by atoms with E-state index >= 15 is 17.6 Å². The van der Waals surface area contributed by atoms with Crippen LogP contribution in [0.4, 0.5) is 33.6 Å². The summed E-state index contributed by atoms with van der Waals surface area (Å²) in [5.74, 6) is -1.95. The van der Waals surface area contributed by atoms with Crippen LogP contribution in [-0.4, -0.2) is 184 Å². The van der Waals surface area contributed by atoms with Gasteiger partial charge in [0, 0.05) is 129 Å². The molecule has 0 radical (unpaired) electrons. The van der Waals surface area contributed by atoms with Gasteiger partial charge in [-0.1, -0.05) is 71.7 Å². The minimum absolute atomic E-state index is 0.00283. The van der Waals surface area contributed by atoms with Crippen LogP contribution in [0.15, 0.2) is 97.5 Å². The third-order valence-electron chi connectivity index (χ3n) is 21.6. The van der Waals surface area contributed by atoms with Gasteiger partial charge in [0.05, 0.1) is 38.8 Å². The molecule has 528 valence electrons. The Labute approximate surface area is 599 Å². The Kier molecular flexibility index (Phi) is 17.9. The smallest absolute Gasteiger partial charge is 0.319 e. The second kappa shape index (κ2) is 27.2. The first-order valence-corrected chi connectivity index (χ1v) is 35.5. The average molecular weight is 1440 g/mol. The molecule has 103 heavy (non-hydrogen) atoms. The van der Waals surface area contributed by atoms with Gasteiger partial charge in [-0.05, 0) is 125 Å². The summed E-state index contributed by atoms with van der Waals surface area (Å²) >= 11 is 13.9. The molecule has 27 heteroatoms. The maximum Gasteiger partial charge on any atom is 0.319 e. The van der Waals surface area contributed by atoms with Crippen LogP contribution < -0.4 is 19.3 Å². The van der Waals surface area contributed by atoms with Gasteiger partial charge in [-0.2, -0.15) is 19.9 Å². The number of nitrogens with zero attached hydrogens (tertiary/aromatic N) is 16. The molecule has 12 heterocycles. The lowest BCUT2D eigenvalue weighted by atomic mass is 9.92. The molecule has 6 fully saturated rings. The van der Waals surface area contributed by atoms with Crippen LogP contribution in [0.2, 0.25) is 10.0 Å². The molecule has 2 amide bonds. The molecule has 6 aromatic heterocycles. The Balaban J connectivity index is 0.709. The van der Waals surface area contributed by atoms with E-state index in [-0.39, 0.29) is 118 Å². The fraction of sp³-hybridized carbons (Fsp3) is 0.368. The zero-order valence-corrected chi connectivity index (χ0v) is 58.5. The monoisotopic (exact) mass is 1440 g/mol. The highest BCUT2D eigenvalue weighted by atomic mass is 35.5. The molecule has 4 aromatic carbocycles. The maximum atomic E-state index is 18.2. The van der Waals surface area contributed by atoms with Crippen molar-refractivity contribution in [2.45, 2.75) is 101 Å². The molecule has 1 unspecified atom stereocenters. The van der Waals surface area contributed by atoms with Crippen molar-refractivity contribution >= 4 is 102 Å². The van der Waals surface area contributed by atoms with Crippen molar-refractivity contribution in [3.05, 3.63) is 165 Å². The molecule has 6 aliphatic rings. The number of rotatable bonds is 16. The first kappa shape index (κ1) is 67.8. The summed E-state index contributed by atoms with van der Waals surface area (Å²) in [4.78, 5) is 84.5. The Hall–Kier alpha value is -9.69. The first-order valence-electron chi connectivity index (χ1n) is 34.7. The number of likely N-dealkylation sites (N-methyl/N-ethyl adjacent to an activating group) is 1. The van der Waals surface area contributed by atoms with E-state index in [2.05, 4.69) is 24.8 Å². The predicted molar refractivity (Wildman–Crippen MR) is 384 cm³/mol. The lowest BCUT2D eigenvalue weighted by Gasteiger charge is -2.36. The quantitative estimate of drug-likeness (QED) is 0.0652. The predicted octanol–water partition coefficient (Wildman–Crippen LogP) is 13.2. The summed E-state index contributed by atoms with van der Waals surface area (Å²) in [6, 6.07) is 18.1. The van der Waals surface area contributed by atoms with Crippen LogP contribution in [0.1, 0.15) is 91.7 Å². The summed E-state index contributed by atoms with van der Waals surface area (Å²) in [5, 5.41) is 2.79. The average Bonchev–Trinajstić information content (AvgIpc) is 1.71. The Bertz CT molecular complexity index is 5130. The molecule has 20 nitrogen and oxygen atoms in total. The van der Waals surface area contributed by atoms with E-state index in [1.807, 2.05) is 46.9 Å². The number of likely N-dealkylation sites (tertiary alicyclic amines) is 1. The van der Waals surface area contributed by atoms with E-state index in [0.29, 0.717) is 113 Å². The molecule has 0 aliphatic carbocycles. The second-order valence-corrected chi connectivity index (χ2v) is 28.6. The van der Waals surface area contributed by atoms with Crippen molar-refractivity contribution in [3.63, 3.8) is 0 Å². The molecule has 10 aromatic rings. The van der Waals surface area contributed by atoms with Crippen molar-refractivity contribution in [1.82, 2.24) is 69.4 Å². The summed E-state index contributed by atoms with van der Waals surface area (Å²) in [5.41, 5.74) is 1.00. The van der Waals surface area contributed by atoms with Crippen molar-refractivity contribution in [2.75, 3.05) is 89.0 Å². The number of alkyl halides is 1. The molecule has 0 N–H and O–H groups in total. The number of pyridine rings is 2. The van der Waals surface area contributed by atoms with Crippen molar-refractivity contribution in [3.8, 4) is 34.5 Å². The number of aryl methyl sites for hydroxylation is 3. The minimum Gasteiger partial charge on any atom is -0.461 e. The van der Waals surface area contributed by atoms with E-state index in [1.54, 1.807) is 72.2 Å². The standard InChI is InChI=1S/C76H71Cl2F5N16O4/c1-42-32-47(88-44(3)87-42)16-18-60(100)95-28-30-96(31-29-95)72-54-36-86-67(50-13-5-10-45-11-6-15-55(77)62(45)50)65(82)70(54)91-74(93-72)103-41-76-24-20-59(99(76)38-46(79)34-76)52-33-56(80)64(78)63-49(52)12-7-14-51(63)68-66(83)69-53(35-85-68)71(92-73(90-69)102-40-75-22-8-25-98(75)26-9-23-75)94(4)48-21-27-97(39-48)61(101)19-17-58-57(81)37-84-43(2)89-58/h5-7,10-19,32-33,35-37,46,48,59H,8-9,20-31,34,38-41H2,1-4H3/b18-16+,19-17+/t46-,48-,59?,76+/m1/s1. The summed E-state index contributed by atoms with van der Waals surface area (Å²) in [7, 11) is 1.82. The fourth-order valence-corrected chi connectivity index (χ4v) is 17.2. The van der Waals surface area contributed by atoms with E-state index in [0.717, 1.165) is 56.0 Å².